The second-order valence-corrected chi connectivity index (χ2v) is 5.78. The van der Waals surface area contributed by atoms with Crippen LogP contribution in [0.3, 0.4) is 0 Å². The van der Waals surface area contributed by atoms with Crippen LogP contribution in [-0.4, -0.2) is 24.0 Å². The van der Waals surface area contributed by atoms with Crippen LogP contribution < -0.4 is 5.32 Å². The van der Waals surface area contributed by atoms with Gasteiger partial charge in [-0.3, -0.25) is 9.59 Å². The summed E-state index contributed by atoms with van der Waals surface area (Å²) in [5.41, 5.74) is 0.532. The van der Waals surface area contributed by atoms with Gasteiger partial charge >= 0.3 is 5.97 Å². The van der Waals surface area contributed by atoms with Gasteiger partial charge in [-0.2, -0.15) is 0 Å². The summed E-state index contributed by atoms with van der Waals surface area (Å²) in [5.74, 6) is -1.19. The average Bonchev–Trinajstić information content (AvgIpc) is 2.48. The lowest BCUT2D eigenvalue weighted by molar-refractivity contribution is -0.154. The number of hydrogen-bond acceptors (Lipinski definition) is 3. The minimum atomic E-state index is -0.831. The molecule has 1 aromatic rings. The Morgan fingerprint density at radius 1 is 1.32 bits per heavy atom. The van der Waals surface area contributed by atoms with E-state index in [0.29, 0.717) is 5.56 Å². The van der Waals surface area contributed by atoms with E-state index in [9.17, 15) is 14.0 Å². The normalized spacial score (nSPS) is 16.8. The average molecular weight is 307 g/mol. The monoisotopic (exact) mass is 307 g/mol. The maximum absolute atomic E-state index is 13.1. The Kier molecular flexibility index (Phi) is 5.92. The lowest BCUT2D eigenvalue weighted by atomic mass is 9.95. The van der Waals surface area contributed by atoms with Gasteiger partial charge in [0.05, 0.1) is 6.42 Å². The van der Waals surface area contributed by atoms with Crippen molar-refractivity contribution in [2.45, 2.75) is 57.6 Å². The van der Waals surface area contributed by atoms with Crippen molar-refractivity contribution in [1.82, 2.24) is 5.32 Å². The molecule has 1 amide bonds. The van der Waals surface area contributed by atoms with Crippen LogP contribution in [0.4, 0.5) is 4.39 Å². The quantitative estimate of drug-likeness (QED) is 0.851. The standard InChI is InChI=1S/C17H22FNO3/c1-12(17(21)19-15-8-3-2-4-9-15)22-16(20)11-13-6-5-7-14(18)10-13/h5-7,10,12,15H,2-4,8-9,11H2,1H3,(H,19,21). The molecule has 0 aliphatic heterocycles. The number of nitrogens with one attached hydrogen (secondary N) is 1. The lowest BCUT2D eigenvalue weighted by Crippen LogP contribution is -2.42. The molecule has 1 aliphatic carbocycles. The molecule has 1 aromatic carbocycles. The van der Waals surface area contributed by atoms with Crippen LogP contribution in [0.25, 0.3) is 0 Å². The summed E-state index contributed by atoms with van der Waals surface area (Å²) in [5, 5.41) is 2.92. The van der Waals surface area contributed by atoms with E-state index in [2.05, 4.69) is 5.32 Å². The van der Waals surface area contributed by atoms with Gasteiger partial charge in [-0.1, -0.05) is 31.4 Å². The van der Waals surface area contributed by atoms with E-state index in [1.807, 2.05) is 0 Å². The van der Waals surface area contributed by atoms with Gasteiger partial charge in [0.25, 0.3) is 5.91 Å². The minimum Gasteiger partial charge on any atom is -0.452 e. The smallest absolute Gasteiger partial charge is 0.311 e. The first-order valence-electron chi connectivity index (χ1n) is 7.79. The molecule has 2 rings (SSSR count). The predicted molar refractivity (Wildman–Crippen MR) is 80.7 cm³/mol. The molecular formula is C17H22FNO3. The van der Waals surface area contributed by atoms with Gasteiger partial charge < -0.3 is 10.1 Å². The SMILES string of the molecule is CC(OC(=O)Cc1cccc(F)c1)C(=O)NC1CCCCC1. The number of carbonyl (C=O) groups excluding carboxylic acids is 2. The molecule has 0 bridgehead atoms. The second-order valence-electron chi connectivity index (χ2n) is 5.78. The molecule has 1 fully saturated rings. The molecule has 1 N–H and O–H groups in total. The molecule has 0 radical (unpaired) electrons. The van der Waals surface area contributed by atoms with Crippen molar-refractivity contribution in [2.75, 3.05) is 0 Å². The molecule has 0 spiro atoms. The van der Waals surface area contributed by atoms with E-state index in [1.165, 1.54) is 24.6 Å². The molecule has 1 saturated carbocycles. The summed E-state index contributed by atoms with van der Waals surface area (Å²) < 4.78 is 18.2. The Hall–Kier alpha value is -1.91. The second kappa shape index (κ2) is 7.92. The number of rotatable bonds is 5. The zero-order chi connectivity index (χ0) is 15.9. The highest BCUT2D eigenvalue weighted by molar-refractivity contribution is 5.84. The van der Waals surface area contributed by atoms with Crippen molar-refractivity contribution < 1.29 is 18.7 Å². The summed E-state index contributed by atoms with van der Waals surface area (Å²) in [6.07, 6.45) is 4.55. The summed E-state index contributed by atoms with van der Waals surface area (Å²) in [6.45, 7) is 1.56. The molecule has 0 aromatic heterocycles. The molecule has 22 heavy (non-hydrogen) atoms. The van der Waals surface area contributed by atoms with Gasteiger partial charge in [0.15, 0.2) is 6.10 Å². The number of amides is 1. The van der Waals surface area contributed by atoms with Crippen LogP contribution in [0.15, 0.2) is 24.3 Å². The fraction of sp³-hybridized carbons (Fsp3) is 0.529. The Morgan fingerprint density at radius 2 is 2.05 bits per heavy atom. The lowest BCUT2D eigenvalue weighted by Gasteiger charge is -2.24. The van der Waals surface area contributed by atoms with Gasteiger partial charge in [0.1, 0.15) is 5.82 Å². The Labute approximate surface area is 130 Å². The van der Waals surface area contributed by atoms with E-state index in [1.54, 1.807) is 13.0 Å². The van der Waals surface area contributed by atoms with Crippen molar-refractivity contribution in [3.8, 4) is 0 Å². The summed E-state index contributed by atoms with van der Waals surface area (Å²) in [4.78, 5) is 23.8. The highest BCUT2D eigenvalue weighted by Gasteiger charge is 2.22. The fourth-order valence-corrected chi connectivity index (χ4v) is 2.67. The van der Waals surface area contributed by atoms with Gasteiger partial charge in [0.2, 0.25) is 0 Å². The number of halogens is 1. The minimum absolute atomic E-state index is 0.0428. The van der Waals surface area contributed by atoms with E-state index in [0.717, 1.165) is 25.7 Å². The van der Waals surface area contributed by atoms with Crippen molar-refractivity contribution in [2.24, 2.45) is 0 Å². The molecule has 120 valence electrons. The first kappa shape index (κ1) is 16.5. The van der Waals surface area contributed by atoms with Crippen LogP contribution in [0.5, 0.6) is 0 Å². The van der Waals surface area contributed by atoms with E-state index in [4.69, 9.17) is 4.74 Å². The fourth-order valence-electron chi connectivity index (χ4n) is 2.67. The first-order chi connectivity index (χ1) is 10.5. The van der Waals surface area contributed by atoms with E-state index in [-0.39, 0.29) is 18.4 Å². The number of benzene rings is 1. The molecule has 0 saturated heterocycles. The van der Waals surface area contributed by atoms with Crippen molar-refractivity contribution in [1.29, 1.82) is 0 Å². The van der Waals surface area contributed by atoms with Crippen molar-refractivity contribution in [3.05, 3.63) is 35.6 Å². The molecule has 1 unspecified atom stereocenters. The largest absolute Gasteiger partial charge is 0.452 e. The van der Waals surface area contributed by atoms with E-state index < -0.39 is 17.9 Å². The molecule has 4 nitrogen and oxygen atoms in total. The van der Waals surface area contributed by atoms with Gasteiger partial charge in [-0.15, -0.1) is 0 Å². The highest BCUT2D eigenvalue weighted by atomic mass is 19.1. The van der Waals surface area contributed by atoms with Crippen LogP contribution in [0.1, 0.15) is 44.6 Å². The number of carbonyl (C=O) groups is 2. The van der Waals surface area contributed by atoms with Crippen LogP contribution in [0, 0.1) is 5.82 Å². The van der Waals surface area contributed by atoms with Gasteiger partial charge in [-0.05, 0) is 37.5 Å². The summed E-state index contributed by atoms with van der Waals surface area (Å²) in [7, 11) is 0. The number of hydrogen-bond donors (Lipinski definition) is 1. The highest BCUT2D eigenvalue weighted by Crippen LogP contribution is 2.17. The molecule has 1 aliphatic rings. The van der Waals surface area contributed by atoms with Crippen LogP contribution in [-0.2, 0) is 20.7 Å². The summed E-state index contributed by atoms with van der Waals surface area (Å²) in [6, 6.07) is 5.97. The van der Waals surface area contributed by atoms with Crippen molar-refractivity contribution >= 4 is 11.9 Å². The maximum Gasteiger partial charge on any atom is 0.311 e. The Morgan fingerprint density at radius 3 is 2.73 bits per heavy atom. The van der Waals surface area contributed by atoms with Crippen molar-refractivity contribution in [3.63, 3.8) is 0 Å². The maximum atomic E-state index is 13.1. The van der Waals surface area contributed by atoms with Gasteiger partial charge in [0, 0.05) is 6.04 Å². The predicted octanol–water partition coefficient (Wildman–Crippen LogP) is 2.75. The first-order valence-corrected chi connectivity index (χ1v) is 7.79. The third-order valence-corrected chi connectivity index (χ3v) is 3.87. The zero-order valence-electron chi connectivity index (χ0n) is 12.8. The third-order valence-electron chi connectivity index (χ3n) is 3.87. The number of esters is 1. The molecule has 5 heteroatoms. The number of ether oxygens (including phenoxy) is 1. The third kappa shape index (κ3) is 5.13. The van der Waals surface area contributed by atoms with Crippen LogP contribution >= 0.6 is 0 Å². The Balaban J connectivity index is 1.78. The molecule has 0 heterocycles. The molecular weight excluding hydrogens is 285 g/mol. The van der Waals surface area contributed by atoms with Gasteiger partial charge in [-0.25, -0.2) is 4.39 Å². The molecule has 1 atom stereocenters. The summed E-state index contributed by atoms with van der Waals surface area (Å²) >= 11 is 0. The zero-order valence-corrected chi connectivity index (χ0v) is 12.8. The van der Waals surface area contributed by atoms with E-state index >= 15 is 0 Å². The topological polar surface area (TPSA) is 55.4 Å². The van der Waals surface area contributed by atoms with Crippen LogP contribution in [0.2, 0.25) is 0 Å². The Bertz CT molecular complexity index is 526.